The Kier molecular flexibility index (Phi) is 4.44. The number of methoxy groups -OCH3 is 1. The third-order valence-corrected chi connectivity index (χ3v) is 3.01. The van der Waals surface area contributed by atoms with Crippen LogP contribution in [0.25, 0.3) is 0 Å². The largest absolute Gasteiger partial charge is 0.494 e. The molecule has 0 aliphatic heterocycles. The molecule has 20 heavy (non-hydrogen) atoms. The van der Waals surface area contributed by atoms with E-state index >= 15 is 0 Å². The summed E-state index contributed by atoms with van der Waals surface area (Å²) in [5.74, 6) is -0.355. The van der Waals surface area contributed by atoms with Gasteiger partial charge in [-0.05, 0) is 35.9 Å². The molecule has 0 aliphatic carbocycles. The molecule has 3 nitrogen and oxygen atoms in total. The molecule has 0 saturated heterocycles. The van der Waals surface area contributed by atoms with Crippen molar-refractivity contribution in [3.8, 4) is 11.8 Å². The molecule has 0 amide bonds. The number of nitrogens with zero attached hydrogens (tertiary/aromatic N) is 1. The lowest BCUT2D eigenvalue weighted by Crippen LogP contribution is -2.09. The van der Waals surface area contributed by atoms with E-state index in [0.717, 1.165) is 0 Å². The standard InChI is InChI=1S/C15H12ClFN2O/c1-20-15-6-5-10(7-13(15)17)14(9-18)19-12-4-2-3-11(16)8-12/h2-8,14,19H,1H3. The fourth-order valence-corrected chi connectivity index (χ4v) is 1.99. The molecule has 2 aromatic carbocycles. The summed E-state index contributed by atoms with van der Waals surface area (Å²) in [4.78, 5) is 0. The highest BCUT2D eigenvalue weighted by Crippen LogP contribution is 2.25. The molecule has 0 aliphatic rings. The number of halogens is 2. The highest BCUT2D eigenvalue weighted by atomic mass is 35.5. The smallest absolute Gasteiger partial charge is 0.165 e. The average Bonchev–Trinajstić information content (AvgIpc) is 2.44. The Hall–Kier alpha value is -2.25. The summed E-state index contributed by atoms with van der Waals surface area (Å²) in [7, 11) is 1.39. The Morgan fingerprint density at radius 3 is 2.70 bits per heavy atom. The van der Waals surface area contributed by atoms with Crippen molar-refractivity contribution in [1.29, 1.82) is 5.26 Å². The number of rotatable bonds is 4. The monoisotopic (exact) mass is 290 g/mol. The Balaban J connectivity index is 2.25. The van der Waals surface area contributed by atoms with Crippen molar-refractivity contribution in [2.75, 3.05) is 12.4 Å². The van der Waals surface area contributed by atoms with E-state index in [2.05, 4.69) is 11.4 Å². The van der Waals surface area contributed by atoms with Crippen molar-refractivity contribution in [1.82, 2.24) is 0 Å². The minimum absolute atomic E-state index is 0.146. The molecule has 0 aromatic heterocycles. The summed E-state index contributed by atoms with van der Waals surface area (Å²) in [6.45, 7) is 0. The van der Waals surface area contributed by atoms with E-state index in [1.54, 1.807) is 30.3 Å². The molecule has 1 N–H and O–H groups in total. The number of nitrogens with one attached hydrogen (secondary N) is 1. The van der Waals surface area contributed by atoms with Gasteiger partial charge in [-0.15, -0.1) is 0 Å². The van der Waals surface area contributed by atoms with Gasteiger partial charge in [-0.3, -0.25) is 0 Å². The zero-order valence-electron chi connectivity index (χ0n) is 10.7. The Morgan fingerprint density at radius 2 is 2.10 bits per heavy atom. The maximum atomic E-state index is 13.7. The van der Waals surface area contributed by atoms with Crippen LogP contribution in [0.5, 0.6) is 5.75 Å². The molecule has 0 heterocycles. The highest BCUT2D eigenvalue weighted by Gasteiger charge is 2.13. The van der Waals surface area contributed by atoms with Crippen LogP contribution in [0.15, 0.2) is 42.5 Å². The van der Waals surface area contributed by atoms with Crippen molar-refractivity contribution in [3.63, 3.8) is 0 Å². The first kappa shape index (κ1) is 14.2. The average molecular weight is 291 g/mol. The van der Waals surface area contributed by atoms with Crippen molar-refractivity contribution in [2.45, 2.75) is 6.04 Å². The van der Waals surface area contributed by atoms with E-state index in [4.69, 9.17) is 16.3 Å². The topological polar surface area (TPSA) is 45.0 Å². The van der Waals surface area contributed by atoms with Gasteiger partial charge in [0.2, 0.25) is 0 Å². The molecule has 0 spiro atoms. The molecule has 102 valence electrons. The van der Waals surface area contributed by atoms with Gasteiger partial charge in [-0.25, -0.2) is 4.39 Å². The summed E-state index contributed by atoms with van der Waals surface area (Å²) < 4.78 is 18.5. The fourth-order valence-electron chi connectivity index (χ4n) is 1.80. The second-order valence-corrected chi connectivity index (χ2v) is 4.55. The molecule has 0 radical (unpaired) electrons. The van der Waals surface area contributed by atoms with E-state index in [-0.39, 0.29) is 5.75 Å². The summed E-state index contributed by atoms with van der Waals surface area (Å²) in [6.07, 6.45) is 0. The minimum Gasteiger partial charge on any atom is -0.494 e. The molecule has 1 atom stereocenters. The zero-order chi connectivity index (χ0) is 14.5. The summed E-state index contributed by atoms with van der Waals surface area (Å²) in [5.41, 5.74) is 1.21. The van der Waals surface area contributed by atoms with Crippen LogP contribution < -0.4 is 10.1 Å². The molecule has 2 aromatic rings. The van der Waals surface area contributed by atoms with Crippen LogP contribution in [0.1, 0.15) is 11.6 Å². The molecule has 1 unspecified atom stereocenters. The maximum absolute atomic E-state index is 13.7. The number of anilines is 1. The quantitative estimate of drug-likeness (QED) is 0.919. The first-order chi connectivity index (χ1) is 9.63. The summed E-state index contributed by atoms with van der Waals surface area (Å²) >= 11 is 5.88. The van der Waals surface area contributed by atoms with Gasteiger partial charge in [0.1, 0.15) is 6.04 Å². The van der Waals surface area contributed by atoms with E-state index in [0.29, 0.717) is 16.3 Å². The van der Waals surface area contributed by atoms with Crippen LogP contribution in [0.2, 0.25) is 5.02 Å². The predicted octanol–water partition coefficient (Wildman–Crippen LogP) is 4.16. The van der Waals surface area contributed by atoms with Gasteiger partial charge in [0.05, 0.1) is 13.2 Å². The van der Waals surface area contributed by atoms with Crippen LogP contribution in [-0.2, 0) is 0 Å². The minimum atomic E-state index is -0.672. The van der Waals surface area contributed by atoms with Gasteiger partial charge in [-0.2, -0.15) is 5.26 Å². The normalized spacial score (nSPS) is 11.5. The molecular formula is C15H12ClFN2O. The summed E-state index contributed by atoms with van der Waals surface area (Å²) in [5, 5.41) is 12.8. The molecule has 0 bridgehead atoms. The number of ether oxygens (including phenoxy) is 1. The van der Waals surface area contributed by atoms with Gasteiger partial charge >= 0.3 is 0 Å². The number of hydrogen-bond acceptors (Lipinski definition) is 3. The van der Waals surface area contributed by atoms with Crippen molar-refractivity contribution < 1.29 is 9.13 Å². The van der Waals surface area contributed by atoms with E-state index < -0.39 is 11.9 Å². The van der Waals surface area contributed by atoms with Crippen LogP contribution in [-0.4, -0.2) is 7.11 Å². The number of benzene rings is 2. The predicted molar refractivity (Wildman–Crippen MR) is 76.4 cm³/mol. The molecule has 5 heteroatoms. The van der Waals surface area contributed by atoms with Gasteiger partial charge in [0, 0.05) is 10.7 Å². The molecule has 0 fully saturated rings. The molecule has 2 rings (SSSR count). The number of hydrogen-bond donors (Lipinski definition) is 1. The van der Waals surface area contributed by atoms with Gasteiger partial charge < -0.3 is 10.1 Å². The molecule has 0 saturated carbocycles. The summed E-state index contributed by atoms with van der Waals surface area (Å²) in [6, 6.07) is 12.8. The third kappa shape index (κ3) is 3.19. The Labute approximate surface area is 121 Å². The van der Waals surface area contributed by atoms with Crippen molar-refractivity contribution in [3.05, 3.63) is 58.9 Å². The van der Waals surface area contributed by atoms with Crippen molar-refractivity contribution in [2.24, 2.45) is 0 Å². The van der Waals surface area contributed by atoms with E-state index in [1.165, 1.54) is 19.2 Å². The van der Waals surface area contributed by atoms with Crippen LogP contribution in [0, 0.1) is 17.1 Å². The van der Waals surface area contributed by atoms with E-state index in [1.807, 2.05) is 0 Å². The van der Waals surface area contributed by atoms with Gasteiger partial charge in [-0.1, -0.05) is 23.7 Å². The Bertz CT molecular complexity index is 655. The van der Waals surface area contributed by atoms with Crippen molar-refractivity contribution >= 4 is 17.3 Å². The SMILES string of the molecule is COc1ccc(C(C#N)Nc2cccc(Cl)c2)cc1F. The highest BCUT2D eigenvalue weighted by molar-refractivity contribution is 6.30. The lowest BCUT2D eigenvalue weighted by molar-refractivity contribution is 0.386. The maximum Gasteiger partial charge on any atom is 0.165 e. The first-order valence-electron chi connectivity index (χ1n) is 5.89. The second kappa shape index (κ2) is 6.27. The van der Waals surface area contributed by atoms with Gasteiger partial charge in [0.15, 0.2) is 11.6 Å². The first-order valence-corrected chi connectivity index (χ1v) is 6.27. The zero-order valence-corrected chi connectivity index (χ0v) is 11.5. The number of nitriles is 1. The van der Waals surface area contributed by atoms with Gasteiger partial charge in [0.25, 0.3) is 0 Å². The molecular weight excluding hydrogens is 279 g/mol. The Morgan fingerprint density at radius 1 is 1.30 bits per heavy atom. The third-order valence-electron chi connectivity index (χ3n) is 2.77. The van der Waals surface area contributed by atoms with E-state index in [9.17, 15) is 9.65 Å². The lowest BCUT2D eigenvalue weighted by Gasteiger charge is -2.14. The second-order valence-electron chi connectivity index (χ2n) is 4.11. The van der Waals surface area contributed by atoms with Crippen LogP contribution in [0.3, 0.4) is 0 Å². The lowest BCUT2D eigenvalue weighted by atomic mass is 10.1. The fraction of sp³-hybridized carbons (Fsp3) is 0.133. The van der Waals surface area contributed by atoms with Crippen LogP contribution in [0.4, 0.5) is 10.1 Å². The van der Waals surface area contributed by atoms with Crippen LogP contribution >= 0.6 is 11.6 Å².